The Morgan fingerprint density at radius 2 is 1.95 bits per heavy atom. The third kappa shape index (κ3) is 3.05. The number of likely N-dealkylation sites (tertiary alicyclic amines) is 1. The number of Topliss-reactive ketones (excluding diaryl/α,β-unsaturated/α-hetero) is 1. The lowest BCUT2D eigenvalue weighted by atomic mass is 10.0. The van der Waals surface area contributed by atoms with Crippen LogP contribution in [0.4, 0.5) is 0 Å². The van der Waals surface area contributed by atoms with Gasteiger partial charge in [0.25, 0.3) is 5.91 Å². The van der Waals surface area contributed by atoms with Crippen LogP contribution in [0.2, 0.25) is 0 Å². The van der Waals surface area contributed by atoms with Gasteiger partial charge in [-0.1, -0.05) is 30.3 Å². The zero-order valence-electron chi connectivity index (χ0n) is 11.7. The molecule has 1 amide bonds. The lowest BCUT2D eigenvalue weighted by Gasteiger charge is -2.24. The van der Waals surface area contributed by atoms with Crippen molar-refractivity contribution in [2.24, 2.45) is 0 Å². The van der Waals surface area contributed by atoms with Gasteiger partial charge in [-0.2, -0.15) is 11.3 Å². The Morgan fingerprint density at radius 1 is 1.14 bits per heavy atom. The maximum atomic E-state index is 12.5. The van der Waals surface area contributed by atoms with Crippen molar-refractivity contribution in [1.82, 2.24) is 4.90 Å². The maximum absolute atomic E-state index is 12.5. The third-order valence-corrected chi connectivity index (χ3v) is 4.61. The Kier molecular flexibility index (Phi) is 4.15. The first-order valence-corrected chi connectivity index (χ1v) is 8.11. The van der Waals surface area contributed by atoms with Gasteiger partial charge >= 0.3 is 0 Å². The molecule has 3 nitrogen and oxygen atoms in total. The van der Waals surface area contributed by atoms with E-state index in [1.807, 2.05) is 52.1 Å². The molecule has 0 spiro atoms. The zero-order chi connectivity index (χ0) is 14.7. The van der Waals surface area contributed by atoms with E-state index in [4.69, 9.17) is 0 Å². The van der Waals surface area contributed by atoms with Crippen LogP contribution in [0.15, 0.2) is 47.2 Å². The van der Waals surface area contributed by atoms with Crippen molar-refractivity contribution in [3.8, 4) is 0 Å². The van der Waals surface area contributed by atoms with Gasteiger partial charge in [0.2, 0.25) is 0 Å². The third-order valence-electron chi connectivity index (χ3n) is 3.92. The van der Waals surface area contributed by atoms with Crippen LogP contribution in [0.5, 0.6) is 0 Å². The Morgan fingerprint density at radius 3 is 2.67 bits per heavy atom. The maximum Gasteiger partial charge on any atom is 0.254 e. The molecule has 1 aliphatic rings. The van der Waals surface area contributed by atoms with Crippen molar-refractivity contribution in [2.45, 2.75) is 25.3 Å². The molecule has 21 heavy (non-hydrogen) atoms. The number of carbonyl (C=O) groups is 2. The van der Waals surface area contributed by atoms with Gasteiger partial charge in [-0.25, -0.2) is 0 Å². The highest BCUT2D eigenvalue weighted by molar-refractivity contribution is 7.08. The van der Waals surface area contributed by atoms with Gasteiger partial charge < -0.3 is 4.90 Å². The highest BCUT2D eigenvalue weighted by atomic mass is 32.1. The molecule has 4 heteroatoms. The number of carbonyl (C=O) groups excluding carboxylic acids is 2. The second kappa shape index (κ2) is 6.22. The molecule has 2 heterocycles. The Hall–Kier alpha value is -1.94. The Bertz CT molecular complexity index is 622. The molecule has 0 unspecified atom stereocenters. The fourth-order valence-corrected chi connectivity index (χ4v) is 3.45. The number of thiophene rings is 1. The molecule has 1 fully saturated rings. The SMILES string of the molecule is O=C(C[C@@H]1CCCN1C(=O)c1ccsc1)c1ccccc1. The molecule has 1 aromatic heterocycles. The van der Waals surface area contributed by atoms with Crippen molar-refractivity contribution in [3.05, 3.63) is 58.3 Å². The molecule has 0 aliphatic carbocycles. The minimum absolute atomic E-state index is 0.0325. The summed E-state index contributed by atoms with van der Waals surface area (Å²) in [7, 11) is 0. The first kappa shape index (κ1) is 14.0. The quantitative estimate of drug-likeness (QED) is 0.809. The van der Waals surface area contributed by atoms with E-state index in [1.54, 1.807) is 0 Å². The fourth-order valence-electron chi connectivity index (χ4n) is 2.82. The molecule has 0 N–H and O–H groups in total. The van der Waals surface area contributed by atoms with Crippen LogP contribution >= 0.6 is 11.3 Å². The average molecular weight is 299 g/mol. The first-order chi connectivity index (χ1) is 10.3. The predicted molar refractivity (Wildman–Crippen MR) is 83.8 cm³/mol. The van der Waals surface area contributed by atoms with Gasteiger partial charge in [-0.05, 0) is 24.3 Å². The first-order valence-electron chi connectivity index (χ1n) is 7.17. The Labute approximate surface area is 128 Å². The number of hydrogen-bond acceptors (Lipinski definition) is 3. The summed E-state index contributed by atoms with van der Waals surface area (Å²) in [5, 5.41) is 3.78. The molecule has 0 radical (unpaired) electrons. The second-order valence-corrected chi connectivity index (χ2v) is 6.08. The summed E-state index contributed by atoms with van der Waals surface area (Å²) in [5.74, 6) is 0.172. The minimum atomic E-state index is 0.0325. The van der Waals surface area contributed by atoms with Gasteiger partial charge in [0.15, 0.2) is 5.78 Å². The zero-order valence-corrected chi connectivity index (χ0v) is 12.5. The number of nitrogens with zero attached hydrogens (tertiary/aromatic N) is 1. The Balaban J connectivity index is 1.70. The van der Waals surface area contributed by atoms with Gasteiger partial charge in [0.1, 0.15) is 0 Å². The number of rotatable bonds is 4. The summed E-state index contributed by atoms with van der Waals surface area (Å²) in [6.07, 6.45) is 2.30. The van der Waals surface area contributed by atoms with Crippen molar-refractivity contribution in [3.63, 3.8) is 0 Å². The topological polar surface area (TPSA) is 37.4 Å². The second-order valence-electron chi connectivity index (χ2n) is 5.30. The summed E-state index contributed by atoms with van der Waals surface area (Å²) in [6, 6.07) is 11.2. The summed E-state index contributed by atoms with van der Waals surface area (Å²) in [6.45, 7) is 0.751. The van der Waals surface area contributed by atoms with Crippen LogP contribution in [0, 0.1) is 0 Å². The van der Waals surface area contributed by atoms with E-state index < -0.39 is 0 Å². The number of amides is 1. The van der Waals surface area contributed by atoms with E-state index in [-0.39, 0.29) is 17.7 Å². The van der Waals surface area contributed by atoms with E-state index in [0.717, 1.165) is 30.5 Å². The van der Waals surface area contributed by atoms with Crippen LogP contribution in [-0.4, -0.2) is 29.2 Å². The summed E-state index contributed by atoms with van der Waals surface area (Å²) in [4.78, 5) is 26.6. The van der Waals surface area contributed by atoms with Crippen molar-refractivity contribution >= 4 is 23.0 Å². The standard InChI is InChI=1S/C17H17NO2S/c19-16(13-5-2-1-3-6-13)11-15-7-4-9-18(15)17(20)14-8-10-21-12-14/h1-3,5-6,8,10,12,15H,4,7,9,11H2/t15-/m0/s1. The summed E-state index contributed by atoms with van der Waals surface area (Å²) >= 11 is 1.52. The summed E-state index contributed by atoms with van der Waals surface area (Å²) < 4.78 is 0. The van der Waals surface area contributed by atoms with Crippen LogP contribution in [-0.2, 0) is 0 Å². The molecule has 3 rings (SSSR count). The van der Waals surface area contributed by atoms with E-state index in [0.29, 0.717) is 6.42 Å². The highest BCUT2D eigenvalue weighted by Gasteiger charge is 2.31. The van der Waals surface area contributed by atoms with E-state index in [1.165, 1.54) is 11.3 Å². The lowest BCUT2D eigenvalue weighted by molar-refractivity contribution is 0.0717. The molecule has 1 aliphatic heterocycles. The lowest BCUT2D eigenvalue weighted by Crippen LogP contribution is -2.36. The fraction of sp³-hybridized carbons (Fsp3) is 0.294. The van der Waals surface area contributed by atoms with Crippen LogP contribution in [0.25, 0.3) is 0 Å². The van der Waals surface area contributed by atoms with Crippen LogP contribution in [0.3, 0.4) is 0 Å². The molecular formula is C17H17NO2S. The normalized spacial score (nSPS) is 17.9. The number of ketones is 1. The molecular weight excluding hydrogens is 282 g/mol. The predicted octanol–water partition coefficient (Wildman–Crippen LogP) is 3.63. The smallest absolute Gasteiger partial charge is 0.254 e. The molecule has 1 saturated heterocycles. The van der Waals surface area contributed by atoms with Crippen molar-refractivity contribution in [1.29, 1.82) is 0 Å². The molecule has 1 atom stereocenters. The monoisotopic (exact) mass is 299 g/mol. The molecule has 108 valence electrons. The molecule has 1 aromatic carbocycles. The van der Waals surface area contributed by atoms with Crippen LogP contribution < -0.4 is 0 Å². The van der Waals surface area contributed by atoms with E-state index in [2.05, 4.69) is 0 Å². The van der Waals surface area contributed by atoms with E-state index in [9.17, 15) is 9.59 Å². The van der Waals surface area contributed by atoms with Gasteiger partial charge in [0.05, 0.1) is 5.56 Å². The van der Waals surface area contributed by atoms with Gasteiger partial charge in [0, 0.05) is 30.0 Å². The summed E-state index contributed by atoms with van der Waals surface area (Å²) in [5.41, 5.74) is 1.46. The van der Waals surface area contributed by atoms with Crippen molar-refractivity contribution < 1.29 is 9.59 Å². The average Bonchev–Trinajstić information content (AvgIpc) is 3.19. The van der Waals surface area contributed by atoms with Gasteiger partial charge in [-0.3, -0.25) is 9.59 Å². The highest BCUT2D eigenvalue weighted by Crippen LogP contribution is 2.24. The number of benzene rings is 1. The number of hydrogen-bond donors (Lipinski definition) is 0. The van der Waals surface area contributed by atoms with E-state index >= 15 is 0 Å². The van der Waals surface area contributed by atoms with Gasteiger partial charge in [-0.15, -0.1) is 0 Å². The molecule has 0 saturated carbocycles. The van der Waals surface area contributed by atoms with Crippen LogP contribution in [0.1, 0.15) is 40.0 Å². The molecule has 0 bridgehead atoms. The molecule has 2 aromatic rings. The van der Waals surface area contributed by atoms with Crippen molar-refractivity contribution in [2.75, 3.05) is 6.54 Å². The largest absolute Gasteiger partial charge is 0.335 e. The minimum Gasteiger partial charge on any atom is -0.335 e.